The van der Waals surface area contributed by atoms with Crippen LogP contribution in [0.1, 0.15) is 25.3 Å². The molecule has 1 N–H and O–H groups in total. The molecule has 0 aliphatic carbocycles. The number of rotatable bonds is 10. The Morgan fingerprint density at radius 1 is 1.19 bits per heavy atom. The van der Waals surface area contributed by atoms with Crippen molar-refractivity contribution in [3.8, 4) is 6.07 Å². The van der Waals surface area contributed by atoms with Crippen LogP contribution in [0.4, 0.5) is 0 Å². The van der Waals surface area contributed by atoms with Gasteiger partial charge in [-0.2, -0.15) is 5.26 Å². The smallest absolute Gasteiger partial charge is 0.179 e. The summed E-state index contributed by atoms with van der Waals surface area (Å²) in [6.07, 6.45) is 2.16. The van der Waals surface area contributed by atoms with Crippen LogP contribution >= 0.6 is 0 Å². The van der Waals surface area contributed by atoms with Crippen LogP contribution in [-0.2, 0) is 14.6 Å². The van der Waals surface area contributed by atoms with Crippen LogP contribution < -0.4 is 5.32 Å². The van der Waals surface area contributed by atoms with E-state index in [1.165, 1.54) is 24.3 Å². The van der Waals surface area contributed by atoms with Gasteiger partial charge in [0.05, 0.1) is 28.9 Å². The number of unbranched alkanes of at least 4 members (excludes halogenated alkanes) is 1. The molecule has 5 nitrogen and oxygen atoms in total. The average molecular weight is 310 g/mol. The molecule has 0 aromatic heterocycles. The SMILES string of the molecule is CCCCOCCNCCS(=O)(=O)c1ccc(C#N)cc1. The summed E-state index contributed by atoms with van der Waals surface area (Å²) in [6.45, 7) is 4.49. The highest BCUT2D eigenvalue weighted by molar-refractivity contribution is 7.91. The van der Waals surface area contributed by atoms with Crippen LogP contribution in [0.3, 0.4) is 0 Å². The first-order valence-corrected chi connectivity index (χ1v) is 8.76. The highest BCUT2D eigenvalue weighted by Gasteiger charge is 2.13. The molecule has 0 saturated carbocycles. The minimum atomic E-state index is -3.30. The fourth-order valence-corrected chi connectivity index (χ4v) is 2.88. The second-order valence-corrected chi connectivity index (χ2v) is 6.78. The molecule has 0 radical (unpaired) electrons. The Bertz CT molecular complexity index is 547. The summed E-state index contributed by atoms with van der Waals surface area (Å²) in [6, 6.07) is 7.94. The van der Waals surface area contributed by atoms with Gasteiger partial charge in [0, 0.05) is 19.7 Å². The molecule has 0 unspecified atom stereocenters. The van der Waals surface area contributed by atoms with Crippen LogP contribution in [-0.4, -0.2) is 40.5 Å². The van der Waals surface area contributed by atoms with Gasteiger partial charge in [0.2, 0.25) is 0 Å². The molecule has 0 heterocycles. The van der Waals surface area contributed by atoms with Gasteiger partial charge in [0.25, 0.3) is 0 Å². The quantitative estimate of drug-likeness (QED) is 0.666. The summed E-state index contributed by atoms with van der Waals surface area (Å²) in [5.74, 6) is 0.0356. The van der Waals surface area contributed by atoms with Crippen molar-refractivity contribution in [3.05, 3.63) is 29.8 Å². The zero-order chi connectivity index (χ0) is 15.6. The molecule has 116 valence electrons. The Morgan fingerprint density at radius 2 is 1.90 bits per heavy atom. The first-order valence-electron chi connectivity index (χ1n) is 7.11. The van der Waals surface area contributed by atoms with Gasteiger partial charge in [-0.15, -0.1) is 0 Å². The number of benzene rings is 1. The molecule has 0 spiro atoms. The molecule has 6 heteroatoms. The Balaban J connectivity index is 2.28. The van der Waals surface area contributed by atoms with Crippen molar-refractivity contribution in [1.29, 1.82) is 5.26 Å². The number of ether oxygens (including phenoxy) is 1. The van der Waals surface area contributed by atoms with E-state index < -0.39 is 9.84 Å². The maximum absolute atomic E-state index is 12.1. The first-order chi connectivity index (χ1) is 10.1. The van der Waals surface area contributed by atoms with Crippen molar-refractivity contribution in [2.75, 3.05) is 32.1 Å². The Hall–Kier alpha value is -1.42. The van der Waals surface area contributed by atoms with Crippen molar-refractivity contribution in [3.63, 3.8) is 0 Å². The molecule has 0 fully saturated rings. The second kappa shape index (κ2) is 9.50. The van der Waals surface area contributed by atoms with E-state index in [1.54, 1.807) is 0 Å². The van der Waals surface area contributed by atoms with Gasteiger partial charge in [-0.05, 0) is 30.7 Å². The van der Waals surface area contributed by atoms with Gasteiger partial charge in [-0.1, -0.05) is 13.3 Å². The van der Waals surface area contributed by atoms with Gasteiger partial charge >= 0.3 is 0 Å². The third-order valence-corrected chi connectivity index (χ3v) is 4.69. The zero-order valence-corrected chi connectivity index (χ0v) is 13.2. The van der Waals surface area contributed by atoms with Crippen LogP contribution in [0.5, 0.6) is 0 Å². The Kier molecular flexibility index (Phi) is 7.98. The fraction of sp³-hybridized carbons (Fsp3) is 0.533. The van der Waals surface area contributed by atoms with E-state index in [0.717, 1.165) is 19.4 Å². The van der Waals surface area contributed by atoms with E-state index in [-0.39, 0.29) is 10.6 Å². The highest BCUT2D eigenvalue weighted by Crippen LogP contribution is 2.11. The molecule has 21 heavy (non-hydrogen) atoms. The van der Waals surface area contributed by atoms with E-state index in [4.69, 9.17) is 10.00 Å². The summed E-state index contributed by atoms with van der Waals surface area (Å²) in [7, 11) is -3.30. The lowest BCUT2D eigenvalue weighted by Gasteiger charge is -2.07. The van der Waals surface area contributed by atoms with Gasteiger partial charge in [-0.3, -0.25) is 0 Å². The van der Waals surface area contributed by atoms with E-state index in [0.29, 0.717) is 25.3 Å². The highest BCUT2D eigenvalue weighted by atomic mass is 32.2. The monoisotopic (exact) mass is 310 g/mol. The molecule has 0 atom stereocenters. The summed E-state index contributed by atoms with van der Waals surface area (Å²) in [5.41, 5.74) is 0.455. The number of hydrogen-bond acceptors (Lipinski definition) is 5. The van der Waals surface area contributed by atoms with E-state index in [1.807, 2.05) is 6.07 Å². The van der Waals surface area contributed by atoms with Crippen molar-refractivity contribution in [1.82, 2.24) is 5.32 Å². The third kappa shape index (κ3) is 6.71. The second-order valence-electron chi connectivity index (χ2n) is 4.67. The topological polar surface area (TPSA) is 79.2 Å². The number of hydrogen-bond donors (Lipinski definition) is 1. The minimum Gasteiger partial charge on any atom is -0.380 e. The summed E-state index contributed by atoms with van der Waals surface area (Å²) in [4.78, 5) is 0.252. The molecular formula is C15H22N2O3S. The van der Waals surface area contributed by atoms with E-state index in [9.17, 15) is 8.42 Å². The third-order valence-electron chi connectivity index (χ3n) is 2.96. The van der Waals surface area contributed by atoms with Crippen LogP contribution in [0.25, 0.3) is 0 Å². The molecule has 1 aromatic rings. The predicted octanol–water partition coefficient (Wildman–Crippen LogP) is 1.74. The zero-order valence-electron chi connectivity index (χ0n) is 12.3. The summed E-state index contributed by atoms with van der Waals surface area (Å²) < 4.78 is 29.5. The molecule has 0 aliphatic heterocycles. The van der Waals surface area contributed by atoms with Gasteiger partial charge < -0.3 is 10.1 Å². The first kappa shape index (κ1) is 17.6. The summed E-state index contributed by atoms with van der Waals surface area (Å²) in [5, 5.41) is 11.7. The van der Waals surface area contributed by atoms with E-state index in [2.05, 4.69) is 12.2 Å². The van der Waals surface area contributed by atoms with Crippen molar-refractivity contribution >= 4 is 9.84 Å². The van der Waals surface area contributed by atoms with E-state index >= 15 is 0 Å². The largest absolute Gasteiger partial charge is 0.380 e. The fourth-order valence-electron chi connectivity index (χ4n) is 1.68. The number of nitrogens with one attached hydrogen (secondary N) is 1. The number of nitrogens with zero attached hydrogens (tertiary/aromatic N) is 1. The molecule has 0 amide bonds. The Morgan fingerprint density at radius 3 is 2.52 bits per heavy atom. The van der Waals surface area contributed by atoms with Gasteiger partial charge in [0.1, 0.15) is 0 Å². The summed E-state index contributed by atoms with van der Waals surface area (Å²) >= 11 is 0. The van der Waals surface area contributed by atoms with Crippen LogP contribution in [0, 0.1) is 11.3 Å². The lowest BCUT2D eigenvalue weighted by atomic mass is 10.2. The number of nitriles is 1. The van der Waals surface area contributed by atoms with Crippen molar-refractivity contribution < 1.29 is 13.2 Å². The normalized spacial score (nSPS) is 11.2. The Labute approximate surface area is 126 Å². The maximum atomic E-state index is 12.1. The molecule has 0 saturated heterocycles. The lowest BCUT2D eigenvalue weighted by molar-refractivity contribution is 0.133. The van der Waals surface area contributed by atoms with Gasteiger partial charge in [-0.25, -0.2) is 8.42 Å². The average Bonchev–Trinajstić information content (AvgIpc) is 2.50. The minimum absolute atomic E-state index is 0.0356. The molecule has 1 rings (SSSR count). The maximum Gasteiger partial charge on any atom is 0.179 e. The molecular weight excluding hydrogens is 288 g/mol. The predicted molar refractivity (Wildman–Crippen MR) is 81.8 cm³/mol. The van der Waals surface area contributed by atoms with Crippen LogP contribution in [0.2, 0.25) is 0 Å². The van der Waals surface area contributed by atoms with Crippen molar-refractivity contribution in [2.24, 2.45) is 0 Å². The molecule has 1 aromatic carbocycles. The standard InChI is InChI=1S/C15H22N2O3S/c1-2-3-10-20-11-8-17-9-12-21(18,19)15-6-4-14(13-16)5-7-15/h4-7,17H,2-3,8-12H2,1H3. The van der Waals surface area contributed by atoms with Crippen molar-refractivity contribution in [2.45, 2.75) is 24.7 Å². The molecule has 0 bridgehead atoms. The van der Waals surface area contributed by atoms with Crippen LogP contribution in [0.15, 0.2) is 29.2 Å². The molecule has 0 aliphatic rings. The van der Waals surface area contributed by atoms with Gasteiger partial charge in [0.15, 0.2) is 9.84 Å². The lowest BCUT2D eigenvalue weighted by Crippen LogP contribution is -2.26. The number of sulfone groups is 1.